The average Bonchev–Trinajstić information content (AvgIpc) is 2.34. The van der Waals surface area contributed by atoms with Crippen molar-refractivity contribution < 1.29 is 22.6 Å². The lowest BCUT2D eigenvalue weighted by molar-refractivity contribution is 0.0187. The Labute approximate surface area is 104 Å². The Balaban J connectivity index is 2.23. The van der Waals surface area contributed by atoms with Gasteiger partial charge in [-0.05, 0) is 6.07 Å². The molecule has 0 aliphatic rings. The molecule has 0 aliphatic carbocycles. The summed E-state index contributed by atoms with van der Waals surface area (Å²) in [5.74, 6) is 0.0897. The zero-order chi connectivity index (χ0) is 13.4. The maximum atomic E-state index is 13.5. The number of methoxy groups -OCH3 is 1. The van der Waals surface area contributed by atoms with Crippen LogP contribution < -0.4 is 10.1 Å². The Kier molecular flexibility index (Phi) is 6.53. The van der Waals surface area contributed by atoms with Crippen LogP contribution in [0.2, 0.25) is 0 Å². The molecule has 0 aromatic heterocycles. The predicted octanol–water partition coefficient (Wildman–Crippen LogP) is 2.21. The van der Waals surface area contributed by atoms with E-state index in [0.717, 1.165) is 0 Å². The van der Waals surface area contributed by atoms with E-state index >= 15 is 0 Å². The lowest BCUT2D eigenvalue weighted by atomic mass is 10.2. The molecule has 0 unspecified atom stereocenters. The van der Waals surface area contributed by atoms with E-state index in [2.05, 4.69) is 10.1 Å². The molecule has 1 rings (SSSR count). The van der Waals surface area contributed by atoms with E-state index in [0.29, 0.717) is 24.4 Å². The van der Waals surface area contributed by atoms with Gasteiger partial charge >= 0.3 is 0 Å². The third-order valence-corrected chi connectivity index (χ3v) is 2.24. The molecular weight excluding hydrogens is 247 g/mol. The van der Waals surface area contributed by atoms with Crippen molar-refractivity contribution in [3.05, 3.63) is 29.6 Å². The molecule has 102 valence electrons. The first kappa shape index (κ1) is 14.8. The van der Waals surface area contributed by atoms with Crippen LogP contribution in [0.5, 0.6) is 5.75 Å². The van der Waals surface area contributed by atoms with E-state index < -0.39 is 13.0 Å². The van der Waals surface area contributed by atoms with Crippen LogP contribution in [0.1, 0.15) is 5.56 Å². The first-order valence-electron chi connectivity index (χ1n) is 5.52. The van der Waals surface area contributed by atoms with Gasteiger partial charge in [0.05, 0.1) is 13.7 Å². The second-order valence-corrected chi connectivity index (χ2v) is 3.60. The monoisotopic (exact) mass is 263 g/mol. The largest absolute Gasteiger partial charge is 0.497 e. The molecule has 0 atom stereocenters. The van der Waals surface area contributed by atoms with Crippen LogP contribution in [-0.4, -0.2) is 33.3 Å². The molecule has 1 aromatic carbocycles. The number of rotatable bonds is 8. The third-order valence-electron chi connectivity index (χ3n) is 2.24. The maximum absolute atomic E-state index is 13.5. The molecule has 0 amide bonds. The number of alkyl halides is 2. The van der Waals surface area contributed by atoms with Crippen LogP contribution in [0.3, 0.4) is 0 Å². The van der Waals surface area contributed by atoms with Crippen LogP contribution in [0, 0.1) is 5.82 Å². The Morgan fingerprint density at radius 2 is 2.11 bits per heavy atom. The highest BCUT2D eigenvalue weighted by Gasteiger charge is 2.04. The molecule has 0 spiro atoms. The quantitative estimate of drug-likeness (QED) is 0.729. The summed E-state index contributed by atoms with van der Waals surface area (Å²) in [6, 6.07) is 4.57. The molecular formula is C12H16F3NO2. The number of nitrogens with one attached hydrogen (secondary N) is 1. The topological polar surface area (TPSA) is 30.5 Å². The first-order valence-corrected chi connectivity index (χ1v) is 5.52. The summed E-state index contributed by atoms with van der Waals surface area (Å²) in [7, 11) is 1.47. The van der Waals surface area contributed by atoms with E-state index in [-0.39, 0.29) is 12.4 Å². The normalized spacial score (nSPS) is 10.9. The highest BCUT2D eigenvalue weighted by Crippen LogP contribution is 2.15. The molecule has 3 nitrogen and oxygen atoms in total. The molecule has 0 radical (unpaired) electrons. The van der Waals surface area contributed by atoms with Crippen molar-refractivity contribution in [1.82, 2.24) is 5.32 Å². The summed E-state index contributed by atoms with van der Waals surface area (Å²) in [5.41, 5.74) is 0.490. The minimum atomic E-state index is -2.45. The Morgan fingerprint density at radius 3 is 2.72 bits per heavy atom. The lowest BCUT2D eigenvalue weighted by Crippen LogP contribution is -2.21. The number of hydrogen-bond acceptors (Lipinski definition) is 3. The summed E-state index contributed by atoms with van der Waals surface area (Å²) in [5, 5.41) is 2.90. The van der Waals surface area contributed by atoms with E-state index in [1.165, 1.54) is 13.2 Å². The average molecular weight is 263 g/mol. The number of benzene rings is 1. The summed E-state index contributed by atoms with van der Waals surface area (Å²) >= 11 is 0. The van der Waals surface area contributed by atoms with Gasteiger partial charge in [-0.25, -0.2) is 13.2 Å². The lowest BCUT2D eigenvalue weighted by Gasteiger charge is -2.08. The zero-order valence-corrected chi connectivity index (χ0v) is 10.1. The van der Waals surface area contributed by atoms with Gasteiger partial charge < -0.3 is 14.8 Å². The molecule has 0 aliphatic heterocycles. The van der Waals surface area contributed by atoms with Gasteiger partial charge in [-0.1, -0.05) is 6.07 Å². The van der Waals surface area contributed by atoms with Gasteiger partial charge in [0.25, 0.3) is 6.43 Å². The van der Waals surface area contributed by atoms with Crippen LogP contribution >= 0.6 is 0 Å². The highest BCUT2D eigenvalue weighted by molar-refractivity contribution is 5.28. The van der Waals surface area contributed by atoms with Crippen molar-refractivity contribution in [1.29, 1.82) is 0 Å². The fraction of sp³-hybridized carbons (Fsp3) is 0.500. The molecule has 0 saturated heterocycles. The Morgan fingerprint density at radius 1 is 1.33 bits per heavy atom. The smallest absolute Gasteiger partial charge is 0.261 e. The van der Waals surface area contributed by atoms with Crippen LogP contribution in [-0.2, 0) is 11.3 Å². The van der Waals surface area contributed by atoms with Crippen LogP contribution in [0.15, 0.2) is 18.2 Å². The van der Waals surface area contributed by atoms with Crippen molar-refractivity contribution in [3.63, 3.8) is 0 Å². The maximum Gasteiger partial charge on any atom is 0.261 e. The Bertz CT molecular complexity index is 361. The second-order valence-electron chi connectivity index (χ2n) is 3.60. The molecule has 0 saturated carbocycles. The van der Waals surface area contributed by atoms with Gasteiger partial charge in [0.15, 0.2) is 0 Å². The third kappa shape index (κ3) is 5.37. The molecule has 0 bridgehead atoms. The van der Waals surface area contributed by atoms with Crippen molar-refractivity contribution in [2.45, 2.75) is 13.0 Å². The summed E-state index contributed by atoms with van der Waals surface area (Å²) in [4.78, 5) is 0. The van der Waals surface area contributed by atoms with Crippen molar-refractivity contribution in [2.75, 3.05) is 26.9 Å². The number of halogens is 3. The fourth-order valence-electron chi connectivity index (χ4n) is 1.34. The van der Waals surface area contributed by atoms with Gasteiger partial charge in [-0.2, -0.15) is 0 Å². The first-order chi connectivity index (χ1) is 8.63. The van der Waals surface area contributed by atoms with Crippen molar-refractivity contribution in [2.24, 2.45) is 0 Å². The molecule has 0 heterocycles. The summed E-state index contributed by atoms with van der Waals surface area (Å²) in [6.07, 6.45) is -2.45. The van der Waals surface area contributed by atoms with E-state index in [1.807, 2.05) is 0 Å². The van der Waals surface area contributed by atoms with E-state index in [1.54, 1.807) is 12.1 Å². The van der Waals surface area contributed by atoms with Crippen molar-refractivity contribution >= 4 is 0 Å². The molecule has 1 aromatic rings. The van der Waals surface area contributed by atoms with Gasteiger partial charge in [-0.15, -0.1) is 0 Å². The van der Waals surface area contributed by atoms with Crippen LogP contribution in [0.25, 0.3) is 0 Å². The zero-order valence-electron chi connectivity index (χ0n) is 10.1. The number of ether oxygens (including phenoxy) is 2. The number of hydrogen-bond donors (Lipinski definition) is 1. The van der Waals surface area contributed by atoms with Gasteiger partial charge in [0.2, 0.25) is 0 Å². The highest BCUT2D eigenvalue weighted by atomic mass is 19.3. The van der Waals surface area contributed by atoms with Gasteiger partial charge in [0.1, 0.15) is 18.2 Å². The van der Waals surface area contributed by atoms with Gasteiger partial charge in [0, 0.05) is 24.7 Å². The molecule has 0 fully saturated rings. The standard InChI is InChI=1S/C12H16F3NO2/c1-17-10-3-2-9(11(13)6-10)7-16-4-5-18-8-12(14)15/h2-3,6,12,16H,4-5,7-8H2,1H3. The minimum absolute atomic E-state index is 0.169. The summed E-state index contributed by atoms with van der Waals surface area (Å²) < 4.78 is 46.5. The summed E-state index contributed by atoms with van der Waals surface area (Å²) in [6.45, 7) is 0.298. The van der Waals surface area contributed by atoms with Crippen molar-refractivity contribution in [3.8, 4) is 5.75 Å². The van der Waals surface area contributed by atoms with Crippen LogP contribution in [0.4, 0.5) is 13.2 Å². The fourth-order valence-corrected chi connectivity index (χ4v) is 1.34. The SMILES string of the molecule is COc1ccc(CNCCOCC(F)F)c(F)c1. The second kappa shape index (κ2) is 7.94. The van der Waals surface area contributed by atoms with E-state index in [9.17, 15) is 13.2 Å². The van der Waals surface area contributed by atoms with E-state index in [4.69, 9.17) is 4.74 Å². The molecule has 6 heteroatoms. The Hall–Kier alpha value is -1.27. The minimum Gasteiger partial charge on any atom is -0.497 e. The molecule has 18 heavy (non-hydrogen) atoms. The molecule has 1 N–H and O–H groups in total. The predicted molar refractivity (Wildman–Crippen MR) is 61.5 cm³/mol. The van der Waals surface area contributed by atoms with Gasteiger partial charge in [-0.3, -0.25) is 0 Å².